The van der Waals surface area contributed by atoms with E-state index >= 15 is 0 Å². The summed E-state index contributed by atoms with van der Waals surface area (Å²) in [5.41, 5.74) is 0. The SMILES string of the molecule is CCCCCCCC(=O)C1COCCC1=O. The molecule has 1 atom stereocenters. The second kappa shape index (κ2) is 7.55. The molecule has 1 unspecified atom stereocenters. The van der Waals surface area contributed by atoms with Gasteiger partial charge in [0.25, 0.3) is 0 Å². The van der Waals surface area contributed by atoms with Crippen LogP contribution in [0, 0.1) is 5.92 Å². The van der Waals surface area contributed by atoms with E-state index in [1.807, 2.05) is 0 Å². The molecule has 0 bridgehead atoms. The van der Waals surface area contributed by atoms with Gasteiger partial charge in [0.2, 0.25) is 0 Å². The van der Waals surface area contributed by atoms with Crippen LogP contribution in [0.15, 0.2) is 0 Å². The summed E-state index contributed by atoms with van der Waals surface area (Å²) in [5, 5.41) is 0. The van der Waals surface area contributed by atoms with E-state index in [0.717, 1.165) is 12.8 Å². The molecule has 0 spiro atoms. The molecule has 0 aromatic heterocycles. The maximum Gasteiger partial charge on any atom is 0.147 e. The normalized spacial score (nSPS) is 21.1. The van der Waals surface area contributed by atoms with Crippen molar-refractivity contribution in [3.8, 4) is 0 Å². The van der Waals surface area contributed by atoms with Gasteiger partial charge in [-0.25, -0.2) is 0 Å². The largest absolute Gasteiger partial charge is 0.380 e. The van der Waals surface area contributed by atoms with Gasteiger partial charge in [-0.3, -0.25) is 9.59 Å². The van der Waals surface area contributed by atoms with E-state index in [2.05, 4.69) is 6.92 Å². The van der Waals surface area contributed by atoms with Crippen molar-refractivity contribution in [3.63, 3.8) is 0 Å². The number of hydrogen-bond donors (Lipinski definition) is 0. The molecular formula is C13H22O3. The van der Waals surface area contributed by atoms with Gasteiger partial charge in [0.1, 0.15) is 11.6 Å². The minimum atomic E-state index is -0.458. The van der Waals surface area contributed by atoms with Crippen molar-refractivity contribution < 1.29 is 14.3 Å². The number of ketones is 2. The minimum absolute atomic E-state index is 0.0739. The Labute approximate surface area is 97.5 Å². The Bertz CT molecular complexity index is 235. The van der Waals surface area contributed by atoms with Crippen LogP contribution in [-0.2, 0) is 14.3 Å². The van der Waals surface area contributed by atoms with Gasteiger partial charge in [0.05, 0.1) is 19.1 Å². The maximum atomic E-state index is 11.7. The van der Waals surface area contributed by atoms with Crippen LogP contribution < -0.4 is 0 Å². The molecular weight excluding hydrogens is 204 g/mol. The van der Waals surface area contributed by atoms with Gasteiger partial charge in [-0.15, -0.1) is 0 Å². The second-order valence-electron chi connectivity index (χ2n) is 4.47. The molecule has 3 heteroatoms. The first kappa shape index (κ1) is 13.4. The molecule has 0 amide bonds. The number of Topliss-reactive ketones (excluding diaryl/α,β-unsaturated/α-hetero) is 2. The average molecular weight is 226 g/mol. The van der Waals surface area contributed by atoms with Crippen LogP contribution in [0.3, 0.4) is 0 Å². The quantitative estimate of drug-likeness (QED) is 0.495. The second-order valence-corrected chi connectivity index (χ2v) is 4.47. The Morgan fingerprint density at radius 3 is 2.75 bits per heavy atom. The topological polar surface area (TPSA) is 43.4 Å². The Kier molecular flexibility index (Phi) is 6.31. The van der Waals surface area contributed by atoms with Crippen LogP contribution in [0.2, 0.25) is 0 Å². The lowest BCUT2D eigenvalue weighted by Gasteiger charge is -2.19. The monoisotopic (exact) mass is 226 g/mol. The van der Waals surface area contributed by atoms with Crippen LogP contribution >= 0.6 is 0 Å². The summed E-state index contributed by atoms with van der Waals surface area (Å²) in [4.78, 5) is 23.2. The summed E-state index contributed by atoms with van der Waals surface area (Å²) in [6.45, 7) is 2.97. The fourth-order valence-electron chi connectivity index (χ4n) is 1.99. The highest BCUT2D eigenvalue weighted by Crippen LogP contribution is 2.15. The fourth-order valence-corrected chi connectivity index (χ4v) is 1.99. The Balaban J connectivity index is 2.16. The number of carbonyl (C=O) groups excluding carboxylic acids is 2. The lowest BCUT2D eigenvalue weighted by atomic mass is 9.92. The molecule has 1 fully saturated rings. The molecule has 0 saturated carbocycles. The van der Waals surface area contributed by atoms with Gasteiger partial charge in [-0.1, -0.05) is 32.6 Å². The maximum absolute atomic E-state index is 11.7. The van der Waals surface area contributed by atoms with Gasteiger partial charge in [-0.05, 0) is 6.42 Å². The van der Waals surface area contributed by atoms with E-state index in [1.54, 1.807) is 0 Å². The standard InChI is InChI=1S/C13H22O3/c1-2-3-4-5-6-7-12(14)11-10-16-9-8-13(11)15/h11H,2-10H2,1H3. The summed E-state index contributed by atoms with van der Waals surface area (Å²) in [6.07, 6.45) is 6.61. The van der Waals surface area contributed by atoms with Crippen molar-refractivity contribution in [1.29, 1.82) is 0 Å². The fraction of sp³-hybridized carbons (Fsp3) is 0.846. The molecule has 0 N–H and O–H groups in total. The Hall–Kier alpha value is -0.700. The van der Waals surface area contributed by atoms with Crippen LogP contribution in [0.4, 0.5) is 0 Å². The number of ether oxygens (including phenoxy) is 1. The van der Waals surface area contributed by atoms with E-state index in [1.165, 1.54) is 19.3 Å². The first-order valence-corrected chi connectivity index (χ1v) is 6.39. The molecule has 0 aliphatic carbocycles. The summed E-state index contributed by atoms with van der Waals surface area (Å²) in [5.74, 6) is -0.300. The van der Waals surface area contributed by atoms with Gasteiger partial charge in [0.15, 0.2) is 0 Å². The van der Waals surface area contributed by atoms with Crippen LogP contribution in [0.1, 0.15) is 51.9 Å². The van der Waals surface area contributed by atoms with Crippen molar-refractivity contribution in [2.24, 2.45) is 5.92 Å². The first-order valence-electron chi connectivity index (χ1n) is 6.39. The lowest BCUT2D eigenvalue weighted by Crippen LogP contribution is -2.33. The first-order chi connectivity index (χ1) is 7.75. The van der Waals surface area contributed by atoms with Crippen molar-refractivity contribution in [2.75, 3.05) is 13.2 Å². The van der Waals surface area contributed by atoms with Crippen molar-refractivity contribution in [2.45, 2.75) is 51.9 Å². The summed E-state index contributed by atoms with van der Waals surface area (Å²) < 4.78 is 5.18. The molecule has 1 aliphatic rings. The predicted octanol–water partition coefficient (Wildman–Crippen LogP) is 2.52. The molecule has 1 saturated heterocycles. The molecule has 0 radical (unpaired) electrons. The number of rotatable bonds is 7. The Morgan fingerprint density at radius 2 is 2.06 bits per heavy atom. The average Bonchev–Trinajstić information content (AvgIpc) is 2.29. The molecule has 1 rings (SSSR count). The summed E-state index contributed by atoms with van der Waals surface area (Å²) in [6, 6.07) is 0. The number of hydrogen-bond acceptors (Lipinski definition) is 3. The van der Waals surface area contributed by atoms with Crippen LogP contribution in [-0.4, -0.2) is 24.8 Å². The molecule has 1 aliphatic heterocycles. The number of unbranched alkanes of at least 4 members (excludes halogenated alkanes) is 4. The third-order valence-electron chi connectivity index (χ3n) is 3.08. The minimum Gasteiger partial charge on any atom is -0.380 e. The van der Waals surface area contributed by atoms with E-state index in [9.17, 15) is 9.59 Å². The van der Waals surface area contributed by atoms with Crippen molar-refractivity contribution in [3.05, 3.63) is 0 Å². The highest BCUT2D eigenvalue weighted by atomic mass is 16.5. The highest BCUT2D eigenvalue weighted by molar-refractivity contribution is 6.02. The third-order valence-corrected chi connectivity index (χ3v) is 3.08. The zero-order valence-electron chi connectivity index (χ0n) is 10.2. The molecule has 92 valence electrons. The third kappa shape index (κ3) is 4.44. The van der Waals surface area contributed by atoms with E-state index in [0.29, 0.717) is 26.1 Å². The van der Waals surface area contributed by atoms with Gasteiger partial charge in [0, 0.05) is 12.8 Å². The van der Waals surface area contributed by atoms with Gasteiger partial charge in [-0.2, -0.15) is 0 Å². The van der Waals surface area contributed by atoms with E-state index in [-0.39, 0.29) is 11.6 Å². The zero-order chi connectivity index (χ0) is 11.8. The van der Waals surface area contributed by atoms with Crippen LogP contribution in [0.5, 0.6) is 0 Å². The van der Waals surface area contributed by atoms with Crippen molar-refractivity contribution >= 4 is 11.6 Å². The lowest BCUT2D eigenvalue weighted by molar-refractivity contribution is -0.139. The molecule has 0 aromatic rings. The zero-order valence-corrected chi connectivity index (χ0v) is 10.2. The van der Waals surface area contributed by atoms with Gasteiger partial charge < -0.3 is 4.74 Å². The molecule has 0 aromatic carbocycles. The van der Waals surface area contributed by atoms with E-state index in [4.69, 9.17) is 4.74 Å². The molecule has 3 nitrogen and oxygen atoms in total. The Morgan fingerprint density at radius 1 is 1.31 bits per heavy atom. The van der Waals surface area contributed by atoms with E-state index < -0.39 is 5.92 Å². The number of carbonyl (C=O) groups is 2. The summed E-state index contributed by atoms with van der Waals surface area (Å²) in [7, 11) is 0. The molecule has 1 heterocycles. The molecule has 16 heavy (non-hydrogen) atoms. The summed E-state index contributed by atoms with van der Waals surface area (Å²) >= 11 is 0. The van der Waals surface area contributed by atoms with Crippen molar-refractivity contribution in [1.82, 2.24) is 0 Å². The highest BCUT2D eigenvalue weighted by Gasteiger charge is 2.28. The van der Waals surface area contributed by atoms with Crippen LogP contribution in [0.25, 0.3) is 0 Å². The smallest absolute Gasteiger partial charge is 0.147 e. The predicted molar refractivity (Wildman–Crippen MR) is 62.3 cm³/mol. The van der Waals surface area contributed by atoms with Gasteiger partial charge >= 0.3 is 0 Å².